The first-order chi connectivity index (χ1) is 2.91. The average molecular weight is 119 g/mol. The second-order valence-electron chi connectivity index (χ2n) is 0.642. The number of thiocyanates is 1. The van der Waals surface area contributed by atoms with E-state index in [0.717, 1.165) is 5.08 Å². The van der Waals surface area contributed by atoms with Gasteiger partial charge in [0.1, 0.15) is 5.40 Å². The summed E-state index contributed by atoms with van der Waals surface area (Å²) < 4.78 is 0. The van der Waals surface area contributed by atoms with E-state index in [2.05, 4.69) is 0 Å². The molecule has 0 saturated carbocycles. The van der Waals surface area contributed by atoms with E-state index in [1.807, 2.05) is 11.7 Å². The van der Waals surface area contributed by atoms with Crippen LogP contribution in [0.15, 0.2) is 0 Å². The monoisotopic (exact) mass is 119 g/mol. The van der Waals surface area contributed by atoms with Crippen LogP contribution in [-0.2, 0) is 0 Å². The lowest BCUT2D eigenvalue weighted by Gasteiger charge is -1.77. The lowest BCUT2D eigenvalue weighted by Crippen LogP contribution is -1.56. The van der Waals surface area contributed by atoms with Gasteiger partial charge in [-0.15, -0.1) is 0 Å². The van der Waals surface area contributed by atoms with E-state index in [-0.39, 0.29) is 0 Å². The first kappa shape index (κ1) is 6.19. The molecule has 0 amide bonds. The molecule has 0 aliphatic rings. The summed E-state index contributed by atoms with van der Waals surface area (Å²) in [6, 6.07) is 0. The van der Waals surface area contributed by atoms with Crippen LogP contribution in [0.4, 0.5) is 0 Å². The molecule has 34 valence electrons. The fourth-order valence-corrected chi connectivity index (χ4v) is 0.768. The Balaban J connectivity index is 2.54. The van der Waals surface area contributed by atoms with Crippen LogP contribution in [0, 0.1) is 10.7 Å². The van der Waals surface area contributed by atoms with Gasteiger partial charge in [0.05, 0.1) is 5.08 Å². The van der Waals surface area contributed by atoms with Crippen molar-refractivity contribution in [3.63, 3.8) is 0 Å². The number of hydrogen-bond donors (Lipinski definition) is 0. The van der Waals surface area contributed by atoms with E-state index >= 15 is 0 Å². The highest BCUT2D eigenvalue weighted by atomic mass is 32.2. The van der Waals surface area contributed by atoms with E-state index in [9.17, 15) is 0 Å². The first-order valence-electron chi connectivity index (χ1n) is 1.41. The van der Waals surface area contributed by atoms with Crippen LogP contribution in [0.25, 0.3) is 0 Å². The predicted octanol–water partition coefficient (Wildman–Crippen LogP) is 1.52. The Hall–Kier alpha value is 0.190. The standard InChI is InChI=1S/C3H5NS2/c1-5-3-6-2-4/h3H2,1H3. The molecule has 0 atom stereocenters. The molecule has 0 aliphatic carbocycles. The zero-order valence-electron chi connectivity index (χ0n) is 3.47. The molecular weight excluding hydrogens is 114 g/mol. The molecule has 0 aromatic carbocycles. The predicted molar refractivity (Wildman–Crippen MR) is 31.6 cm³/mol. The highest BCUT2D eigenvalue weighted by Gasteiger charge is 1.74. The van der Waals surface area contributed by atoms with Crippen molar-refractivity contribution in [2.75, 3.05) is 11.3 Å². The number of nitrogens with zero attached hydrogens (tertiary/aromatic N) is 1. The number of thioether (sulfide) groups is 2. The molecule has 0 N–H and O–H groups in total. The molecule has 0 radical (unpaired) electrons. The van der Waals surface area contributed by atoms with Crippen LogP contribution < -0.4 is 0 Å². The summed E-state index contributed by atoms with van der Waals surface area (Å²) in [5.41, 5.74) is 0. The smallest absolute Gasteiger partial charge is 0.134 e. The van der Waals surface area contributed by atoms with Gasteiger partial charge < -0.3 is 0 Å². The Labute approximate surface area is 46.1 Å². The summed E-state index contributed by atoms with van der Waals surface area (Å²) in [5.74, 6) is 0. The maximum atomic E-state index is 7.90. The van der Waals surface area contributed by atoms with Crippen LogP contribution in [0.5, 0.6) is 0 Å². The molecule has 6 heavy (non-hydrogen) atoms. The van der Waals surface area contributed by atoms with Crippen molar-refractivity contribution >= 4 is 23.5 Å². The van der Waals surface area contributed by atoms with E-state index in [1.165, 1.54) is 11.8 Å². The quantitative estimate of drug-likeness (QED) is 0.313. The van der Waals surface area contributed by atoms with Gasteiger partial charge in [0.2, 0.25) is 0 Å². The third kappa shape index (κ3) is 4.19. The van der Waals surface area contributed by atoms with Crippen molar-refractivity contribution < 1.29 is 0 Å². The maximum absolute atomic E-state index is 7.90. The Morgan fingerprint density at radius 3 is 2.67 bits per heavy atom. The highest BCUT2D eigenvalue weighted by molar-refractivity contribution is 8.17. The molecule has 0 unspecified atom stereocenters. The van der Waals surface area contributed by atoms with Gasteiger partial charge in [0, 0.05) is 0 Å². The zero-order chi connectivity index (χ0) is 4.83. The zero-order valence-corrected chi connectivity index (χ0v) is 5.10. The van der Waals surface area contributed by atoms with E-state index in [0.29, 0.717) is 0 Å². The third-order valence-electron chi connectivity index (χ3n) is 0.241. The molecule has 0 rings (SSSR count). The molecule has 0 aliphatic heterocycles. The van der Waals surface area contributed by atoms with Crippen molar-refractivity contribution in [1.29, 1.82) is 5.26 Å². The lowest BCUT2D eigenvalue weighted by atomic mass is 11.8. The highest BCUT2D eigenvalue weighted by Crippen LogP contribution is 2.04. The Morgan fingerprint density at radius 2 is 2.50 bits per heavy atom. The van der Waals surface area contributed by atoms with Gasteiger partial charge in [-0.3, -0.25) is 0 Å². The number of nitriles is 1. The van der Waals surface area contributed by atoms with Gasteiger partial charge in [-0.05, 0) is 18.0 Å². The second-order valence-corrected chi connectivity index (χ2v) is 2.63. The van der Waals surface area contributed by atoms with Crippen molar-refractivity contribution in [2.45, 2.75) is 0 Å². The van der Waals surface area contributed by atoms with Crippen molar-refractivity contribution in [3.8, 4) is 5.40 Å². The van der Waals surface area contributed by atoms with Gasteiger partial charge in [-0.25, -0.2) is 0 Å². The van der Waals surface area contributed by atoms with Gasteiger partial charge in [0.25, 0.3) is 0 Å². The molecule has 0 heterocycles. The maximum Gasteiger partial charge on any atom is 0.134 e. The summed E-state index contributed by atoms with van der Waals surface area (Å²) in [5, 5.41) is 10.7. The molecular formula is C3H5NS2. The molecule has 0 fully saturated rings. The van der Waals surface area contributed by atoms with Crippen LogP contribution in [-0.4, -0.2) is 11.3 Å². The topological polar surface area (TPSA) is 23.8 Å². The molecule has 3 heteroatoms. The van der Waals surface area contributed by atoms with Gasteiger partial charge in [-0.1, -0.05) is 0 Å². The molecule has 0 spiro atoms. The second kappa shape index (κ2) is 5.19. The summed E-state index contributed by atoms with van der Waals surface area (Å²) in [7, 11) is 0. The van der Waals surface area contributed by atoms with Crippen molar-refractivity contribution in [1.82, 2.24) is 0 Å². The average Bonchev–Trinajstić information content (AvgIpc) is 1.61. The van der Waals surface area contributed by atoms with Crippen LogP contribution >= 0.6 is 23.5 Å². The largest absolute Gasteiger partial charge is 0.185 e. The Bertz CT molecular complexity index is 56.3. The minimum atomic E-state index is 0.885. The third-order valence-corrected chi connectivity index (χ3v) is 1.78. The number of rotatable bonds is 2. The summed E-state index contributed by atoms with van der Waals surface area (Å²) in [6.07, 6.45) is 1.98. The lowest BCUT2D eigenvalue weighted by molar-refractivity contribution is 1.57. The molecule has 0 saturated heterocycles. The van der Waals surface area contributed by atoms with Crippen LogP contribution in [0.2, 0.25) is 0 Å². The van der Waals surface area contributed by atoms with E-state index in [4.69, 9.17) is 5.26 Å². The van der Waals surface area contributed by atoms with Crippen molar-refractivity contribution in [3.05, 3.63) is 0 Å². The van der Waals surface area contributed by atoms with Gasteiger partial charge in [-0.2, -0.15) is 17.0 Å². The van der Waals surface area contributed by atoms with E-state index < -0.39 is 0 Å². The molecule has 0 aromatic rings. The number of hydrogen-bond acceptors (Lipinski definition) is 3. The normalized spacial score (nSPS) is 7.33. The molecule has 0 bridgehead atoms. The fourth-order valence-electron chi connectivity index (χ4n) is 0.0853. The fraction of sp³-hybridized carbons (Fsp3) is 0.667. The SMILES string of the molecule is CSCSC#N. The summed E-state index contributed by atoms with van der Waals surface area (Å²) in [6.45, 7) is 0. The Morgan fingerprint density at radius 1 is 1.83 bits per heavy atom. The molecule has 1 nitrogen and oxygen atoms in total. The Kier molecular flexibility index (Phi) is 5.35. The van der Waals surface area contributed by atoms with Crippen molar-refractivity contribution in [2.24, 2.45) is 0 Å². The summed E-state index contributed by atoms with van der Waals surface area (Å²) >= 11 is 2.94. The first-order valence-corrected chi connectivity index (χ1v) is 3.79. The minimum Gasteiger partial charge on any atom is -0.185 e. The minimum absolute atomic E-state index is 0.885. The molecule has 0 aromatic heterocycles. The summed E-state index contributed by atoms with van der Waals surface area (Å²) in [4.78, 5) is 0. The van der Waals surface area contributed by atoms with E-state index in [1.54, 1.807) is 11.8 Å². The van der Waals surface area contributed by atoms with Crippen LogP contribution in [0.1, 0.15) is 0 Å². The van der Waals surface area contributed by atoms with Gasteiger partial charge >= 0.3 is 0 Å². The van der Waals surface area contributed by atoms with Gasteiger partial charge in [0.15, 0.2) is 0 Å². The van der Waals surface area contributed by atoms with Crippen LogP contribution in [0.3, 0.4) is 0 Å².